The van der Waals surface area contributed by atoms with E-state index in [0.717, 1.165) is 12.8 Å². The average Bonchev–Trinajstić information content (AvgIpc) is 2.89. The van der Waals surface area contributed by atoms with Gasteiger partial charge in [-0.05, 0) is 31.4 Å². The molecular formula is C15H17Cl3N6O2. The maximum atomic E-state index is 12.4. The number of hydrogen-bond donors (Lipinski definition) is 2. The number of carbonyl (C=O) groups is 1. The van der Waals surface area contributed by atoms with Crippen LogP contribution in [0, 0.1) is 6.92 Å². The van der Waals surface area contributed by atoms with Crippen molar-refractivity contribution in [3.8, 4) is 6.01 Å². The number of rotatable bonds is 4. The molecule has 3 rings (SSSR count). The highest BCUT2D eigenvalue weighted by Gasteiger charge is 2.25. The summed E-state index contributed by atoms with van der Waals surface area (Å²) < 4.78 is 5.01. The molecule has 0 unspecified atom stereocenters. The molecule has 3 heterocycles. The van der Waals surface area contributed by atoms with Crippen LogP contribution in [0.1, 0.15) is 29.0 Å². The van der Waals surface area contributed by atoms with E-state index < -0.39 is 0 Å². The van der Waals surface area contributed by atoms with E-state index >= 15 is 0 Å². The number of anilines is 1. The van der Waals surface area contributed by atoms with Crippen LogP contribution in [-0.2, 0) is 0 Å². The summed E-state index contributed by atoms with van der Waals surface area (Å²) in [5, 5.41) is 3.67. The van der Waals surface area contributed by atoms with Crippen molar-refractivity contribution < 1.29 is 9.53 Å². The third-order valence-electron chi connectivity index (χ3n) is 4.15. The zero-order valence-corrected chi connectivity index (χ0v) is 16.4. The number of amides is 1. The third kappa shape index (κ3) is 3.97. The topological polar surface area (TPSA) is 96.0 Å². The summed E-state index contributed by atoms with van der Waals surface area (Å²) in [6.45, 7) is 3.08. The van der Waals surface area contributed by atoms with Crippen molar-refractivity contribution >= 4 is 46.7 Å². The van der Waals surface area contributed by atoms with Crippen LogP contribution >= 0.6 is 34.8 Å². The number of methoxy groups -OCH3 is 1. The van der Waals surface area contributed by atoms with Gasteiger partial charge in [-0.3, -0.25) is 4.79 Å². The first-order chi connectivity index (χ1) is 12.4. The quantitative estimate of drug-likeness (QED) is 0.791. The molecule has 1 amide bonds. The molecule has 140 valence electrons. The number of nitrogens with one attached hydrogen (secondary N) is 2. The van der Waals surface area contributed by atoms with E-state index in [1.54, 1.807) is 6.92 Å². The number of H-pyrrole nitrogens is 1. The van der Waals surface area contributed by atoms with Crippen LogP contribution in [0.2, 0.25) is 15.3 Å². The van der Waals surface area contributed by atoms with Gasteiger partial charge in [-0.2, -0.15) is 15.0 Å². The number of aromatic nitrogens is 4. The van der Waals surface area contributed by atoms with Gasteiger partial charge in [0.05, 0.1) is 17.2 Å². The van der Waals surface area contributed by atoms with Gasteiger partial charge in [0.2, 0.25) is 11.2 Å². The van der Waals surface area contributed by atoms with Gasteiger partial charge in [-0.1, -0.05) is 23.2 Å². The lowest BCUT2D eigenvalue weighted by molar-refractivity contribution is 0.0926. The van der Waals surface area contributed by atoms with Gasteiger partial charge in [-0.25, -0.2) is 0 Å². The van der Waals surface area contributed by atoms with Crippen LogP contribution in [0.4, 0.5) is 5.95 Å². The summed E-state index contributed by atoms with van der Waals surface area (Å²) in [5.74, 6) is 0.190. The van der Waals surface area contributed by atoms with Crippen LogP contribution in [0.3, 0.4) is 0 Å². The van der Waals surface area contributed by atoms with Crippen LogP contribution in [0.15, 0.2) is 0 Å². The SMILES string of the molecule is COc1nc(Cl)nc(N2CCC(NC(=O)c3[nH]c(C)c(Cl)c3Cl)CC2)n1. The Bertz CT molecular complexity index is 820. The lowest BCUT2D eigenvalue weighted by Gasteiger charge is -2.32. The van der Waals surface area contributed by atoms with Gasteiger partial charge in [-0.15, -0.1) is 0 Å². The molecule has 26 heavy (non-hydrogen) atoms. The van der Waals surface area contributed by atoms with Crippen LogP contribution in [0.5, 0.6) is 6.01 Å². The molecular weight excluding hydrogens is 403 g/mol. The van der Waals surface area contributed by atoms with Crippen molar-refractivity contribution in [3.05, 3.63) is 26.7 Å². The molecule has 11 heteroatoms. The van der Waals surface area contributed by atoms with E-state index in [1.807, 2.05) is 4.90 Å². The summed E-state index contributed by atoms with van der Waals surface area (Å²) in [6.07, 6.45) is 1.45. The zero-order chi connectivity index (χ0) is 18.8. The lowest BCUT2D eigenvalue weighted by atomic mass is 10.1. The maximum absolute atomic E-state index is 12.4. The molecule has 0 aromatic carbocycles. The Morgan fingerprint density at radius 1 is 1.19 bits per heavy atom. The van der Waals surface area contributed by atoms with E-state index in [4.69, 9.17) is 39.5 Å². The molecule has 2 aromatic rings. The van der Waals surface area contributed by atoms with Crippen molar-refractivity contribution in [2.75, 3.05) is 25.1 Å². The number of ether oxygens (including phenoxy) is 1. The largest absolute Gasteiger partial charge is 0.467 e. The highest BCUT2D eigenvalue weighted by molar-refractivity contribution is 6.44. The summed E-state index contributed by atoms with van der Waals surface area (Å²) >= 11 is 18.0. The number of nitrogens with zero attached hydrogens (tertiary/aromatic N) is 4. The second kappa shape index (κ2) is 7.85. The molecule has 1 fully saturated rings. The molecule has 0 spiro atoms. The average molecular weight is 420 g/mol. The summed E-state index contributed by atoms with van der Waals surface area (Å²) in [6, 6.07) is 0.181. The van der Waals surface area contributed by atoms with E-state index in [1.165, 1.54) is 7.11 Å². The van der Waals surface area contributed by atoms with Crippen LogP contribution in [0.25, 0.3) is 0 Å². The predicted molar refractivity (Wildman–Crippen MR) is 99.6 cm³/mol. The molecule has 0 radical (unpaired) electrons. The van der Waals surface area contributed by atoms with Crippen molar-refractivity contribution in [1.29, 1.82) is 0 Å². The van der Waals surface area contributed by atoms with E-state index in [-0.39, 0.29) is 34.0 Å². The first-order valence-electron chi connectivity index (χ1n) is 7.94. The smallest absolute Gasteiger partial charge is 0.322 e. The molecule has 2 aromatic heterocycles. The van der Waals surface area contributed by atoms with Crippen LogP contribution in [-0.4, -0.2) is 52.1 Å². The number of piperidine rings is 1. The van der Waals surface area contributed by atoms with Gasteiger partial charge < -0.3 is 19.9 Å². The second-order valence-corrected chi connectivity index (χ2v) is 6.97. The Labute approximate surface area is 165 Å². The number of aryl methyl sites for hydroxylation is 1. The number of aromatic amines is 1. The maximum Gasteiger partial charge on any atom is 0.322 e. The number of halogens is 3. The first-order valence-corrected chi connectivity index (χ1v) is 9.07. The summed E-state index contributed by atoms with van der Waals surface area (Å²) in [7, 11) is 1.47. The van der Waals surface area contributed by atoms with Crippen molar-refractivity contribution in [3.63, 3.8) is 0 Å². The molecule has 1 saturated heterocycles. The van der Waals surface area contributed by atoms with E-state index in [0.29, 0.717) is 29.8 Å². The predicted octanol–water partition coefficient (Wildman–Crippen LogP) is 2.88. The fraction of sp³-hybridized carbons (Fsp3) is 0.467. The van der Waals surface area contributed by atoms with E-state index in [9.17, 15) is 4.79 Å². The Morgan fingerprint density at radius 2 is 1.88 bits per heavy atom. The Kier molecular flexibility index (Phi) is 5.74. The Hall–Kier alpha value is -1.77. The minimum atomic E-state index is -0.270. The minimum Gasteiger partial charge on any atom is -0.467 e. The molecule has 2 N–H and O–H groups in total. The molecule has 0 atom stereocenters. The van der Waals surface area contributed by atoms with Crippen molar-refractivity contribution in [1.82, 2.24) is 25.3 Å². The Balaban J connectivity index is 1.61. The molecule has 0 bridgehead atoms. The highest BCUT2D eigenvalue weighted by atomic mass is 35.5. The minimum absolute atomic E-state index is 0.0106. The summed E-state index contributed by atoms with van der Waals surface area (Å²) in [4.78, 5) is 29.5. The number of carbonyl (C=O) groups excluding carboxylic acids is 1. The van der Waals surface area contributed by atoms with Gasteiger partial charge in [0.25, 0.3) is 5.91 Å². The molecule has 0 saturated carbocycles. The molecule has 0 aliphatic carbocycles. The van der Waals surface area contributed by atoms with Gasteiger partial charge in [0.15, 0.2) is 0 Å². The van der Waals surface area contributed by atoms with Gasteiger partial charge in [0, 0.05) is 24.8 Å². The highest BCUT2D eigenvalue weighted by Crippen LogP contribution is 2.29. The monoisotopic (exact) mass is 418 g/mol. The van der Waals surface area contributed by atoms with Gasteiger partial charge in [0.1, 0.15) is 5.69 Å². The molecule has 1 aliphatic heterocycles. The second-order valence-electron chi connectivity index (χ2n) is 5.88. The van der Waals surface area contributed by atoms with Crippen molar-refractivity contribution in [2.45, 2.75) is 25.8 Å². The normalized spacial score (nSPS) is 15.2. The first kappa shape index (κ1) is 19.0. The third-order valence-corrected chi connectivity index (χ3v) is 5.27. The van der Waals surface area contributed by atoms with Crippen LogP contribution < -0.4 is 15.0 Å². The molecule has 8 nitrogen and oxygen atoms in total. The van der Waals surface area contributed by atoms with Gasteiger partial charge >= 0.3 is 6.01 Å². The Morgan fingerprint density at radius 3 is 2.46 bits per heavy atom. The standard InChI is InChI=1S/C15H17Cl3N6O2/c1-7-9(16)10(17)11(19-7)12(25)20-8-3-5-24(6-4-8)14-21-13(18)22-15(23-14)26-2/h8,19H,3-6H2,1-2H3,(H,20,25). The lowest BCUT2D eigenvalue weighted by Crippen LogP contribution is -2.45. The summed E-state index contributed by atoms with van der Waals surface area (Å²) in [5.41, 5.74) is 0.947. The van der Waals surface area contributed by atoms with Crippen molar-refractivity contribution in [2.24, 2.45) is 0 Å². The fourth-order valence-corrected chi connectivity index (χ4v) is 3.33. The fourth-order valence-electron chi connectivity index (χ4n) is 2.76. The molecule has 1 aliphatic rings. The zero-order valence-electron chi connectivity index (χ0n) is 14.1. The number of hydrogen-bond acceptors (Lipinski definition) is 6. The van der Waals surface area contributed by atoms with E-state index in [2.05, 4.69) is 25.3 Å².